The van der Waals surface area contributed by atoms with Gasteiger partial charge in [0.1, 0.15) is 0 Å². The molecule has 0 aliphatic heterocycles. The van der Waals surface area contributed by atoms with Crippen LogP contribution in [0.5, 0.6) is 0 Å². The van der Waals surface area contributed by atoms with E-state index < -0.39 is 0 Å². The van der Waals surface area contributed by atoms with E-state index in [4.69, 9.17) is 0 Å². The molecule has 0 saturated carbocycles. The summed E-state index contributed by atoms with van der Waals surface area (Å²) in [5.41, 5.74) is 16.0. The summed E-state index contributed by atoms with van der Waals surface area (Å²) in [6, 6.07) is 78.1. The Morgan fingerprint density at radius 3 is 1.60 bits per heavy atom. The number of rotatable bonds is 6. The standard InChI is InChI=1S/C57H41N/c1-57(2)53-18-8-7-15-52(53)56-54(57)19-10-20-55(56)58(47-34-29-43(30-35-47)49-16-9-17-50-48-14-6-5-12-42(48)31-36-51(49)50)46-32-27-40(28-33-46)39-21-23-41(24-22-39)45-26-25-38-11-3-4-13-44(38)37-45/h3-37H,1-2H3. The predicted octanol–water partition coefficient (Wildman–Crippen LogP) is 15.9. The maximum Gasteiger partial charge on any atom is 0.0543 e. The maximum atomic E-state index is 2.45. The minimum absolute atomic E-state index is 0.0983. The highest BCUT2D eigenvalue weighted by Crippen LogP contribution is 2.54. The number of hydrogen-bond donors (Lipinski definition) is 0. The highest BCUT2D eigenvalue weighted by molar-refractivity contribution is 6.12. The van der Waals surface area contributed by atoms with Gasteiger partial charge in [-0.05, 0) is 119 Å². The lowest BCUT2D eigenvalue weighted by Crippen LogP contribution is -2.16. The van der Waals surface area contributed by atoms with Crippen molar-refractivity contribution in [3.63, 3.8) is 0 Å². The molecular formula is C57H41N. The molecule has 0 bridgehead atoms. The van der Waals surface area contributed by atoms with Crippen molar-refractivity contribution >= 4 is 49.4 Å². The summed E-state index contributed by atoms with van der Waals surface area (Å²) < 4.78 is 0. The minimum atomic E-state index is -0.0983. The van der Waals surface area contributed by atoms with Crippen LogP contribution in [0.25, 0.3) is 76.8 Å². The van der Waals surface area contributed by atoms with Gasteiger partial charge in [0.15, 0.2) is 0 Å². The van der Waals surface area contributed by atoms with E-state index in [9.17, 15) is 0 Å². The topological polar surface area (TPSA) is 3.24 Å². The number of anilines is 3. The molecule has 1 heteroatoms. The fourth-order valence-electron chi connectivity index (χ4n) is 9.46. The molecule has 10 aromatic rings. The Morgan fingerprint density at radius 2 is 0.845 bits per heavy atom. The summed E-state index contributed by atoms with van der Waals surface area (Å²) in [6.45, 7) is 4.71. The van der Waals surface area contributed by atoms with Gasteiger partial charge in [-0.1, -0.05) is 190 Å². The highest BCUT2D eigenvalue weighted by Gasteiger charge is 2.37. The second-order valence-corrected chi connectivity index (χ2v) is 16.1. The lowest BCUT2D eigenvalue weighted by Gasteiger charge is -2.29. The Hall–Kier alpha value is -7.22. The highest BCUT2D eigenvalue weighted by atomic mass is 15.1. The molecule has 0 N–H and O–H groups in total. The van der Waals surface area contributed by atoms with Gasteiger partial charge >= 0.3 is 0 Å². The van der Waals surface area contributed by atoms with Crippen LogP contribution < -0.4 is 4.90 Å². The van der Waals surface area contributed by atoms with Gasteiger partial charge in [-0.2, -0.15) is 0 Å². The van der Waals surface area contributed by atoms with Crippen LogP contribution in [0, 0.1) is 0 Å². The third-order valence-electron chi connectivity index (χ3n) is 12.5. The lowest BCUT2D eigenvalue weighted by molar-refractivity contribution is 0.660. The summed E-state index contributed by atoms with van der Waals surface area (Å²) in [5.74, 6) is 0. The lowest BCUT2D eigenvalue weighted by atomic mass is 9.82. The molecule has 58 heavy (non-hydrogen) atoms. The second-order valence-electron chi connectivity index (χ2n) is 16.1. The van der Waals surface area contributed by atoms with Crippen molar-refractivity contribution in [2.45, 2.75) is 19.3 Å². The van der Waals surface area contributed by atoms with Crippen LogP contribution in [0.3, 0.4) is 0 Å². The van der Waals surface area contributed by atoms with Crippen molar-refractivity contribution < 1.29 is 0 Å². The molecular weight excluding hydrogens is 699 g/mol. The Morgan fingerprint density at radius 1 is 0.328 bits per heavy atom. The van der Waals surface area contributed by atoms with Crippen molar-refractivity contribution in [1.29, 1.82) is 0 Å². The van der Waals surface area contributed by atoms with Gasteiger partial charge in [-0.25, -0.2) is 0 Å². The van der Waals surface area contributed by atoms with Crippen LogP contribution in [-0.2, 0) is 5.41 Å². The van der Waals surface area contributed by atoms with Crippen LogP contribution >= 0.6 is 0 Å². The average Bonchev–Trinajstić information content (AvgIpc) is 3.53. The Labute approximate surface area is 340 Å². The monoisotopic (exact) mass is 739 g/mol. The maximum absolute atomic E-state index is 2.45. The Balaban J connectivity index is 0.996. The Kier molecular flexibility index (Phi) is 7.91. The van der Waals surface area contributed by atoms with E-state index in [1.54, 1.807) is 0 Å². The molecule has 1 aliphatic rings. The zero-order chi connectivity index (χ0) is 38.8. The van der Waals surface area contributed by atoms with Gasteiger partial charge in [0.05, 0.1) is 5.69 Å². The van der Waals surface area contributed by atoms with E-state index >= 15 is 0 Å². The van der Waals surface area contributed by atoms with Crippen molar-refractivity contribution in [3.8, 4) is 44.5 Å². The van der Waals surface area contributed by atoms with Gasteiger partial charge in [0, 0.05) is 22.4 Å². The average molecular weight is 740 g/mol. The molecule has 0 fully saturated rings. The molecule has 1 aliphatic carbocycles. The number of nitrogens with zero attached hydrogens (tertiary/aromatic N) is 1. The third kappa shape index (κ3) is 5.54. The molecule has 0 radical (unpaired) electrons. The molecule has 0 atom stereocenters. The smallest absolute Gasteiger partial charge is 0.0543 e. The summed E-state index contributed by atoms with van der Waals surface area (Å²) in [6.07, 6.45) is 0. The van der Waals surface area contributed by atoms with Crippen molar-refractivity contribution in [2.75, 3.05) is 4.90 Å². The minimum Gasteiger partial charge on any atom is -0.310 e. The van der Waals surface area contributed by atoms with Crippen molar-refractivity contribution in [2.24, 2.45) is 0 Å². The largest absolute Gasteiger partial charge is 0.310 e. The fourth-order valence-corrected chi connectivity index (χ4v) is 9.46. The van der Waals surface area contributed by atoms with Crippen LogP contribution in [0.2, 0.25) is 0 Å². The number of hydrogen-bond acceptors (Lipinski definition) is 1. The molecule has 11 rings (SSSR count). The summed E-state index contributed by atoms with van der Waals surface area (Å²) in [5, 5.41) is 7.63. The fraction of sp³-hybridized carbons (Fsp3) is 0.0526. The molecule has 0 unspecified atom stereocenters. The Bertz CT molecular complexity index is 3170. The number of fused-ring (bicyclic) bond motifs is 7. The SMILES string of the molecule is CC1(C)c2ccccc2-c2c(N(c3ccc(-c4ccc(-c5ccc6ccccc6c5)cc4)cc3)c3ccc(-c4cccc5c4ccc4ccccc45)cc3)cccc21. The van der Waals surface area contributed by atoms with Crippen LogP contribution in [0.15, 0.2) is 212 Å². The molecule has 0 heterocycles. The van der Waals surface area contributed by atoms with Crippen molar-refractivity contribution in [3.05, 3.63) is 223 Å². The van der Waals surface area contributed by atoms with Gasteiger partial charge < -0.3 is 4.90 Å². The molecule has 1 nitrogen and oxygen atoms in total. The van der Waals surface area contributed by atoms with Gasteiger partial charge in [0.25, 0.3) is 0 Å². The van der Waals surface area contributed by atoms with Crippen molar-refractivity contribution in [1.82, 2.24) is 0 Å². The van der Waals surface area contributed by atoms with E-state index in [0.717, 1.165) is 11.4 Å². The van der Waals surface area contributed by atoms with E-state index in [-0.39, 0.29) is 5.41 Å². The zero-order valence-corrected chi connectivity index (χ0v) is 32.7. The summed E-state index contributed by atoms with van der Waals surface area (Å²) in [4.78, 5) is 2.45. The third-order valence-corrected chi connectivity index (χ3v) is 12.5. The normalized spacial score (nSPS) is 12.8. The molecule has 0 amide bonds. The molecule has 0 aromatic heterocycles. The quantitative estimate of drug-likeness (QED) is 0.154. The molecule has 0 saturated heterocycles. The van der Waals surface area contributed by atoms with Crippen LogP contribution in [0.1, 0.15) is 25.0 Å². The molecule has 0 spiro atoms. The first-order valence-electron chi connectivity index (χ1n) is 20.3. The first kappa shape index (κ1) is 34.1. The predicted molar refractivity (Wildman–Crippen MR) is 248 cm³/mol. The van der Waals surface area contributed by atoms with Crippen LogP contribution in [-0.4, -0.2) is 0 Å². The molecule has 274 valence electrons. The van der Waals surface area contributed by atoms with E-state index in [0.29, 0.717) is 0 Å². The summed E-state index contributed by atoms with van der Waals surface area (Å²) >= 11 is 0. The van der Waals surface area contributed by atoms with E-state index in [1.807, 2.05) is 0 Å². The van der Waals surface area contributed by atoms with E-state index in [2.05, 4.69) is 231 Å². The second kappa shape index (κ2) is 13.5. The molecule has 10 aromatic carbocycles. The first-order valence-corrected chi connectivity index (χ1v) is 20.3. The van der Waals surface area contributed by atoms with Gasteiger partial charge in [-0.3, -0.25) is 0 Å². The van der Waals surface area contributed by atoms with Gasteiger partial charge in [0.2, 0.25) is 0 Å². The van der Waals surface area contributed by atoms with Gasteiger partial charge in [-0.15, -0.1) is 0 Å². The first-order chi connectivity index (χ1) is 28.5. The van der Waals surface area contributed by atoms with Crippen LogP contribution in [0.4, 0.5) is 17.1 Å². The zero-order valence-electron chi connectivity index (χ0n) is 32.7. The number of benzene rings is 10. The van der Waals surface area contributed by atoms with E-state index in [1.165, 1.54) is 93.6 Å². The summed E-state index contributed by atoms with van der Waals surface area (Å²) in [7, 11) is 0.